The Morgan fingerprint density at radius 1 is 1.19 bits per heavy atom. The molecule has 0 saturated heterocycles. The average Bonchev–Trinajstić information content (AvgIpc) is 2.27. The van der Waals surface area contributed by atoms with E-state index in [1.165, 1.54) is 0 Å². The summed E-state index contributed by atoms with van der Waals surface area (Å²) in [7, 11) is 0. The highest BCUT2D eigenvalue weighted by atomic mass is 16.5. The van der Waals surface area contributed by atoms with Crippen LogP contribution in [0.15, 0.2) is 30.5 Å². The van der Waals surface area contributed by atoms with Crippen molar-refractivity contribution in [2.45, 2.75) is 13.8 Å². The van der Waals surface area contributed by atoms with Gasteiger partial charge in [-0.15, -0.1) is 0 Å². The molecule has 0 radical (unpaired) electrons. The molecule has 0 aliphatic carbocycles. The number of aromatic nitrogens is 2. The van der Waals surface area contributed by atoms with Gasteiger partial charge in [0.15, 0.2) is 5.75 Å². The van der Waals surface area contributed by atoms with Crippen LogP contribution >= 0.6 is 0 Å². The third kappa shape index (κ3) is 2.11. The maximum absolute atomic E-state index is 5.73. The van der Waals surface area contributed by atoms with E-state index in [0.717, 1.165) is 22.7 Å². The molecule has 2 rings (SSSR count). The largest absolute Gasteiger partial charge is 0.455 e. The zero-order valence-electron chi connectivity index (χ0n) is 9.27. The van der Waals surface area contributed by atoms with Gasteiger partial charge in [-0.05, 0) is 37.6 Å². The second-order valence-corrected chi connectivity index (χ2v) is 3.60. The van der Waals surface area contributed by atoms with Crippen LogP contribution in [0.3, 0.4) is 0 Å². The van der Waals surface area contributed by atoms with Gasteiger partial charge in [0, 0.05) is 11.8 Å². The molecule has 1 heterocycles. The van der Waals surface area contributed by atoms with Gasteiger partial charge in [0.25, 0.3) is 0 Å². The van der Waals surface area contributed by atoms with Crippen LogP contribution in [0.5, 0.6) is 11.5 Å². The topological polar surface area (TPSA) is 61.0 Å². The Kier molecular flexibility index (Phi) is 2.72. The van der Waals surface area contributed by atoms with Crippen molar-refractivity contribution >= 4 is 5.69 Å². The number of nitrogens with two attached hydrogens (primary N) is 1. The second kappa shape index (κ2) is 4.18. The van der Waals surface area contributed by atoms with Crippen LogP contribution in [0.25, 0.3) is 0 Å². The normalized spacial score (nSPS) is 10.1. The number of hydrogen-bond acceptors (Lipinski definition) is 4. The highest BCUT2D eigenvalue weighted by Crippen LogP contribution is 2.25. The van der Waals surface area contributed by atoms with Crippen LogP contribution < -0.4 is 10.5 Å². The van der Waals surface area contributed by atoms with Crippen LogP contribution in [0.1, 0.15) is 11.3 Å². The molecule has 0 bridgehead atoms. The maximum atomic E-state index is 5.73. The van der Waals surface area contributed by atoms with Crippen molar-refractivity contribution < 1.29 is 4.74 Å². The van der Waals surface area contributed by atoms with E-state index in [1.54, 1.807) is 12.3 Å². The summed E-state index contributed by atoms with van der Waals surface area (Å²) in [5, 5.41) is 7.68. The summed E-state index contributed by atoms with van der Waals surface area (Å²) >= 11 is 0. The minimum absolute atomic E-state index is 0.708. The van der Waals surface area contributed by atoms with E-state index in [9.17, 15) is 0 Å². The van der Waals surface area contributed by atoms with Crippen molar-refractivity contribution in [1.29, 1.82) is 0 Å². The maximum Gasteiger partial charge on any atom is 0.152 e. The summed E-state index contributed by atoms with van der Waals surface area (Å²) in [5.74, 6) is 1.46. The molecule has 0 atom stereocenters. The molecular weight excluding hydrogens is 202 g/mol. The standard InChI is InChI=1S/C12H13N3O/c1-8-7-10(3-4-11(8)13)16-12-5-6-14-15-9(12)2/h3-7H,13H2,1-2H3. The molecule has 1 aromatic heterocycles. The molecule has 2 aromatic rings. The van der Waals surface area contributed by atoms with Gasteiger partial charge in [0.1, 0.15) is 11.4 Å². The Bertz CT molecular complexity index is 511. The van der Waals surface area contributed by atoms with Gasteiger partial charge < -0.3 is 10.5 Å². The first kappa shape index (κ1) is 10.4. The molecule has 0 amide bonds. The lowest BCUT2D eigenvalue weighted by Gasteiger charge is -2.08. The summed E-state index contributed by atoms with van der Waals surface area (Å²) in [6.07, 6.45) is 1.60. The third-order valence-electron chi connectivity index (χ3n) is 2.33. The minimum Gasteiger partial charge on any atom is -0.455 e. The fraction of sp³-hybridized carbons (Fsp3) is 0.167. The Labute approximate surface area is 94.1 Å². The summed E-state index contributed by atoms with van der Waals surface area (Å²) < 4.78 is 5.69. The SMILES string of the molecule is Cc1cc(Oc2ccnnc2C)ccc1N. The number of anilines is 1. The number of ether oxygens (including phenoxy) is 1. The quantitative estimate of drug-likeness (QED) is 0.782. The van der Waals surface area contributed by atoms with Crippen molar-refractivity contribution in [3.8, 4) is 11.5 Å². The fourth-order valence-corrected chi connectivity index (χ4v) is 1.34. The van der Waals surface area contributed by atoms with Crippen LogP contribution in [0, 0.1) is 13.8 Å². The molecule has 0 spiro atoms. The van der Waals surface area contributed by atoms with Crippen LogP contribution in [-0.4, -0.2) is 10.2 Å². The molecule has 4 heteroatoms. The van der Waals surface area contributed by atoms with Crippen molar-refractivity contribution in [2.24, 2.45) is 0 Å². The smallest absolute Gasteiger partial charge is 0.152 e. The summed E-state index contributed by atoms with van der Waals surface area (Å²) in [6, 6.07) is 7.35. The first-order valence-electron chi connectivity index (χ1n) is 4.99. The molecule has 0 aliphatic rings. The van der Waals surface area contributed by atoms with Gasteiger partial charge >= 0.3 is 0 Å². The van der Waals surface area contributed by atoms with Crippen molar-refractivity contribution in [1.82, 2.24) is 10.2 Å². The summed E-state index contributed by atoms with van der Waals surface area (Å²) in [6.45, 7) is 3.80. The predicted octanol–water partition coefficient (Wildman–Crippen LogP) is 2.47. The molecule has 4 nitrogen and oxygen atoms in total. The van der Waals surface area contributed by atoms with Gasteiger partial charge in [-0.25, -0.2) is 0 Å². The molecular formula is C12H13N3O. The van der Waals surface area contributed by atoms with Crippen molar-refractivity contribution in [2.75, 3.05) is 5.73 Å². The van der Waals surface area contributed by atoms with Crippen LogP contribution in [0.2, 0.25) is 0 Å². The fourth-order valence-electron chi connectivity index (χ4n) is 1.34. The summed E-state index contributed by atoms with van der Waals surface area (Å²) in [4.78, 5) is 0. The van der Waals surface area contributed by atoms with Gasteiger partial charge in [-0.2, -0.15) is 10.2 Å². The van der Waals surface area contributed by atoms with E-state index in [4.69, 9.17) is 10.5 Å². The molecule has 16 heavy (non-hydrogen) atoms. The third-order valence-corrected chi connectivity index (χ3v) is 2.33. The molecule has 0 aliphatic heterocycles. The minimum atomic E-state index is 0.708. The highest BCUT2D eigenvalue weighted by molar-refractivity contribution is 5.50. The highest BCUT2D eigenvalue weighted by Gasteiger charge is 2.03. The van der Waals surface area contributed by atoms with Crippen LogP contribution in [-0.2, 0) is 0 Å². The lowest BCUT2D eigenvalue weighted by atomic mass is 10.2. The van der Waals surface area contributed by atoms with E-state index < -0.39 is 0 Å². The van der Waals surface area contributed by atoms with Crippen molar-refractivity contribution in [3.63, 3.8) is 0 Å². The number of nitrogens with zero attached hydrogens (tertiary/aromatic N) is 2. The number of hydrogen-bond donors (Lipinski definition) is 1. The molecule has 82 valence electrons. The van der Waals surface area contributed by atoms with Gasteiger partial charge in [0.2, 0.25) is 0 Å². The molecule has 0 saturated carbocycles. The number of benzene rings is 1. The second-order valence-electron chi connectivity index (χ2n) is 3.60. The molecule has 0 unspecified atom stereocenters. The number of rotatable bonds is 2. The lowest BCUT2D eigenvalue weighted by molar-refractivity contribution is 0.473. The molecule has 1 aromatic carbocycles. The Balaban J connectivity index is 2.28. The van der Waals surface area contributed by atoms with Gasteiger partial charge in [0.05, 0.1) is 6.20 Å². The van der Waals surface area contributed by atoms with E-state index in [-0.39, 0.29) is 0 Å². The van der Waals surface area contributed by atoms with E-state index in [2.05, 4.69) is 10.2 Å². The van der Waals surface area contributed by atoms with Crippen LogP contribution in [0.4, 0.5) is 5.69 Å². The predicted molar refractivity (Wildman–Crippen MR) is 62.4 cm³/mol. The van der Waals surface area contributed by atoms with E-state index in [0.29, 0.717) is 5.75 Å². The summed E-state index contributed by atoms with van der Waals surface area (Å²) in [5.41, 5.74) is 8.25. The zero-order chi connectivity index (χ0) is 11.5. The molecule has 0 fully saturated rings. The number of aryl methyl sites for hydroxylation is 2. The van der Waals surface area contributed by atoms with Gasteiger partial charge in [-0.1, -0.05) is 0 Å². The molecule has 2 N–H and O–H groups in total. The first-order chi connectivity index (χ1) is 7.66. The Morgan fingerprint density at radius 2 is 2.00 bits per heavy atom. The lowest BCUT2D eigenvalue weighted by Crippen LogP contribution is -1.94. The van der Waals surface area contributed by atoms with Gasteiger partial charge in [-0.3, -0.25) is 0 Å². The zero-order valence-corrected chi connectivity index (χ0v) is 9.27. The van der Waals surface area contributed by atoms with E-state index in [1.807, 2.05) is 32.0 Å². The Hall–Kier alpha value is -2.10. The first-order valence-corrected chi connectivity index (χ1v) is 4.99. The average molecular weight is 215 g/mol. The van der Waals surface area contributed by atoms with Crippen molar-refractivity contribution in [3.05, 3.63) is 41.7 Å². The van der Waals surface area contributed by atoms with E-state index >= 15 is 0 Å². The Morgan fingerprint density at radius 3 is 2.69 bits per heavy atom. The number of nitrogen functional groups attached to an aromatic ring is 1. The monoisotopic (exact) mass is 215 g/mol.